The van der Waals surface area contributed by atoms with E-state index in [-0.39, 0.29) is 43.1 Å². The molecule has 60 heavy (non-hydrogen) atoms. The van der Waals surface area contributed by atoms with Gasteiger partial charge in [-0.05, 0) is 70.6 Å². The maximum atomic E-state index is 3.49. The number of rotatable bonds is 4. The first-order valence-corrected chi connectivity index (χ1v) is 26.1. The molecule has 0 N–H and O–H groups in total. The minimum absolute atomic E-state index is 0. The number of aryl methyl sites for hydroxylation is 2. The molecule has 0 atom stereocenters. The van der Waals surface area contributed by atoms with Gasteiger partial charge in [0, 0.05) is 0 Å². The summed E-state index contributed by atoms with van der Waals surface area (Å²) in [6.07, 6.45) is 14.9. The fraction of sp³-hybridized carbons (Fsp3) is 0.429. The van der Waals surface area contributed by atoms with E-state index in [1.165, 1.54) is 165 Å². The number of fused-ring (bicyclic) bond motifs is 2. The van der Waals surface area contributed by atoms with E-state index in [1.807, 2.05) is 6.92 Å². The van der Waals surface area contributed by atoms with Crippen LogP contribution in [0.25, 0.3) is 43.8 Å². The molecule has 2 aliphatic rings. The first-order chi connectivity index (χ1) is 27.3. The molecule has 2 aliphatic carbocycles. The summed E-state index contributed by atoms with van der Waals surface area (Å²) in [5.74, 6) is 1.56. The molecule has 324 valence electrons. The van der Waals surface area contributed by atoms with Crippen LogP contribution in [0, 0.1) is 28.2 Å². The fourth-order valence-corrected chi connectivity index (χ4v) is 9.80. The summed E-state index contributed by atoms with van der Waals surface area (Å²) < 4.78 is 0. The van der Waals surface area contributed by atoms with E-state index in [4.69, 9.17) is 0 Å². The Balaban J connectivity index is 0.000000358. The molecule has 2 fully saturated rings. The van der Waals surface area contributed by atoms with Crippen molar-refractivity contribution in [2.75, 3.05) is 0 Å². The minimum atomic E-state index is 0. The molecular weight excluding hydrogens is 863 g/mol. The normalized spacial score (nSPS) is 14.5. The van der Waals surface area contributed by atoms with Gasteiger partial charge in [-0.15, -0.1) is 93.9 Å². The monoisotopic (exact) mass is 934 g/mol. The number of hydrogen-bond acceptors (Lipinski definition) is 0. The summed E-state index contributed by atoms with van der Waals surface area (Å²) in [6.45, 7) is 27.0. The Morgan fingerprint density at radius 2 is 0.850 bits per heavy atom. The first kappa shape index (κ1) is 53.9. The molecule has 2 radical (unpaired) electrons. The number of benzene rings is 4. The molecule has 0 heterocycles. The molecule has 6 aromatic rings. The molecule has 2 saturated carbocycles. The van der Waals surface area contributed by atoms with Crippen molar-refractivity contribution in [2.45, 2.75) is 156 Å². The molecule has 0 nitrogen and oxygen atoms in total. The third-order valence-electron chi connectivity index (χ3n) is 12.6. The quantitative estimate of drug-likeness (QED) is 0.122. The topological polar surface area (TPSA) is 0 Å². The second-order valence-corrected chi connectivity index (χ2v) is 18.8. The zero-order valence-electron chi connectivity index (χ0n) is 38.7. The van der Waals surface area contributed by atoms with E-state index in [2.05, 4.69) is 166 Å². The van der Waals surface area contributed by atoms with Gasteiger partial charge in [-0.2, -0.15) is 17.5 Å². The summed E-state index contributed by atoms with van der Waals surface area (Å²) in [6, 6.07) is 37.2. The first-order valence-electron chi connectivity index (χ1n) is 22.0. The molecule has 0 aliphatic heterocycles. The molecular formula is C56H74Cl2SiZr-4. The Labute approximate surface area is 396 Å². The second kappa shape index (κ2) is 24.6. The van der Waals surface area contributed by atoms with Gasteiger partial charge in [0.05, 0.1) is 0 Å². The second-order valence-electron chi connectivity index (χ2n) is 18.8. The number of hydrogen-bond donors (Lipinski definition) is 0. The zero-order chi connectivity index (χ0) is 41.3. The standard InChI is InChI=1S/2C26H31.C3H7.CH3.2ClH.Si.Zr/c2*1-18-24(26(2,3)4)17-22-11-8-12-23(25(18)22)21-15-13-20(14-16-21)19-9-6-5-7-10-19;1-3-2;;;;;/h2*8,11-17,19H,5-7,9-10H2,1-4H3;1,3H2,2H3;1H3;2*1H;;/q4*-1;;;;. The summed E-state index contributed by atoms with van der Waals surface area (Å²) in [5, 5.41) is 5.62. The van der Waals surface area contributed by atoms with E-state index < -0.39 is 0 Å². The Morgan fingerprint density at radius 3 is 1.13 bits per heavy atom. The van der Waals surface area contributed by atoms with Gasteiger partial charge in [0.1, 0.15) is 0 Å². The van der Waals surface area contributed by atoms with Gasteiger partial charge in [-0.25, -0.2) is 0 Å². The van der Waals surface area contributed by atoms with E-state index in [1.54, 1.807) is 0 Å². The SMILES string of the molecule is Cc1c(C(C)(C)C)[cH-]c2cccc(-c3ccc(C4CCCCC4)cc3)c12.Cc1c(C(C)(C)C)[cH-]c2cccc(-c3ccc(C4CCCCC4)cc3)c12.Cl.Cl.[CH2-]CC.[CH3-].[Si]=[Zr]. The van der Waals surface area contributed by atoms with Gasteiger partial charge in [0.25, 0.3) is 0 Å². The third-order valence-corrected chi connectivity index (χ3v) is 12.6. The van der Waals surface area contributed by atoms with Crippen LogP contribution in [-0.2, 0) is 34.2 Å². The third kappa shape index (κ3) is 12.9. The number of halogens is 2. The fourth-order valence-electron chi connectivity index (χ4n) is 9.80. The Morgan fingerprint density at radius 1 is 0.550 bits per heavy atom. The van der Waals surface area contributed by atoms with E-state index >= 15 is 0 Å². The van der Waals surface area contributed by atoms with Crippen LogP contribution in [0.1, 0.15) is 164 Å². The van der Waals surface area contributed by atoms with Crippen molar-refractivity contribution in [3.63, 3.8) is 0 Å². The molecule has 8 rings (SSSR count). The predicted octanol–water partition coefficient (Wildman–Crippen LogP) is 17.9. The van der Waals surface area contributed by atoms with Gasteiger partial charge in [-0.3, -0.25) is 0 Å². The van der Waals surface area contributed by atoms with Gasteiger partial charge in [0.15, 0.2) is 0 Å². The molecule has 0 amide bonds. The molecule has 0 unspecified atom stereocenters. The molecule has 0 saturated heterocycles. The summed E-state index contributed by atoms with van der Waals surface area (Å²) in [7, 11) is 0. The van der Waals surface area contributed by atoms with Gasteiger partial charge in [-0.1, -0.05) is 173 Å². The predicted molar refractivity (Wildman–Crippen MR) is 271 cm³/mol. The van der Waals surface area contributed by atoms with E-state index in [0.717, 1.165) is 18.3 Å². The molecule has 4 heteroatoms. The van der Waals surface area contributed by atoms with Crippen LogP contribution in [0.15, 0.2) is 97.1 Å². The van der Waals surface area contributed by atoms with Crippen molar-refractivity contribution >= 4 is 53.2 Å². The Bertz CT molecular complexity index is 2000. The summed E-state index contributed by atoms with van der Waals surface area (Å²) in [4.78, 5) is 0. The van der Waals surface area contributed by atoms with Crippen LogP contribution < -0.4 is 0 Å². The molecule has 6 aromatic carbocycles. The van der Waals surface area contributed by atoms with Gasteiger partial charge >= 0.3 is 30.2 Å². The summed E-state index contributed by atoms with van der Waals surface area (Å²) >= 11 is 1.36. The molecule has 0 bridgehead atoms. The van der Waals surface area contributed by atoms with Crippen molar-refractivity contribution in [3.05, 3.63) is 145 Å². The molecule has 0 spiro atoms. The maximum absolute atomic E-state index is 3.49. The van der Waals surface area contributed by atoms with Crippen molar-refractivity contribution in [3.8, 4) is 22.3 Å². The van der Waals surface area contributed by atoms with Crippen LogP contribution in [0.2, 0.25) is 0 Å². The van der Waals surface area contributed by atoms with Crippen molar-refractivity contribution in [1.82, 2.24) is 0 Å². The van der Waals surface area contributed by atoms with Crippen LogP contribution in [0.4, 0.5) is 0 Å². The van der Waals surface area contributed by atoms with Gasteiger partial charge in [0.2, 0.25) is 0 Å². The van der Waals surface area contributed by atoms with Crippen molar-refractivity contribution in [1.29, 1.82) is 0 Å². The molecule has 0 aromatic heterocycles. The van der Waals surface area contributed by atoms with Gasteiger partial charge < -0.3 is 14.4 Å². The van der Waals surface area contributed by atoms with Crippen molar-refractivity contribution < 1.29 is 23.3 Å². The van der Waals surface area contributed by atoms with E-state index in [9.17, 15) is 0 Å². The van der Waals surface area contributed by atoms with Crippen LogP contribution in [-0.4, -0.2) is 6.88 Å². The average Bonchev–Trinajstić information content (AvgIpc) is 3.77. The van der Waals surface area contributed by atoms with Crippen LogP contribution in [0.3, 0.4) is 0 Å². The van der Waals surface area contributed by atoms with E-state index in [0.29, 0.717) is 0 Å². The van der Waals surface area contributed by atoms with Crippen LogP contribution in [0.5, 0.6) is 0 Å². The van der Waals surface area contributed by atoms with Crippen molar-refractivity contribution in [2.24, 2.45) is 0 Å². The zero-order valence-corrected chi connectivity index (χ0v) is 43.8. The summed E-state index contributed by atoms with van der Waals surface area (Å²) in [5.41, 5.74) is 14.7. The van der Waals surface area contributed by atoms with Crippen LogP contribution >= 0.6 is 24.8 Å². The average molecular weight is 937 g/mol. The Kier molecular flexibility index (Phi) is 22.1. The Hall–Kier alpha value is -2.22.